The molecule has 2 aromatic carbocycles. The van der Waals surface area contributed by atoms with E-state index < -0.39 is 23.0 Å². The maximum atomic E-state index is 14.2. The van der Waals surface area contributed by atoms with Gasteiger partial charge >= 0.3 is 0 Å². The van der Waals surface area contributed by atoms with E-state index in [0.717, 1.165) is 12.1 Å². The smallest absolute Gasteiger partial charge is 0.169 e. The average molecular weight is 308 g/mol. The minimum absolute atomic E-state index is 0.00610. The Labute approximate surface area is 126 Å². The lowest BCUT2D eigenvalue weighted by molar-refractivity contribution is 0.338. The molecule has 0 heterocycles. The van der Waals surface area contributed by atoms with E-state index >= 15 is 0 Å². The van der Waals surface area contributed by atoms with Crippen LogP contribution in [0.3, 0.4) is 0 Å². The lowest BCUT2D eigenvalue weighted by Crippen LogP contribution is -1.94. The van der Waals surface area contributed by atoms with Gasteiger partial charge in [-0.1, -0.05) is 0 Å². The quantitative estimate of drug-likeness (QED) is 0.724. The molecule has 0 aliphatic rings. The van der Waals surface area contributed by atoms with Crippen molar-refractivity contribution in [3.63, 3.8) is 0 Å². The van der Waals surface area contributed by atoms with Gasteiger partial charge in [0.1, 0.15) is 17.3 Å². The molecule has 0 amide bonds. The zero-order valence-electron chi connectivity index (χ0n) is 12.2. The molecule has 0 aliphatic heterocycles. The van der Waals surface area contributed by atoms with Crippen molar-refractivity contribution in [2.45, 2.75) is 6.92 Å². The zero-order valence-corrected chi connectivity index (χ0v) is 12.2. The van der Waals surface area contributed by atoms with Crippen LogP contribution < -0.4 is 9.47 Å². The molecule has 22 heavy (non-hydrogen) atoms. The van der Waals surface area contributed by atoms with Gasteiger partial charge in [0.2, 0.25) is 0 Å². The number of hydrogen-bond donors (Lipinski definition) is 0. The molecule has 0 atom stereocenters. The topological polar surface area (TPSA) is 18.5 Å². The van der Waals surface area contributed by atoms with Gasteiger partial charge < -0.3 is 9.47 Å². The van der Waals surface area contributed by atoms with Gasteiger partial charge in [-0.05, 0) is 43.3 Å². The summed E-state index contributed by atoms with van der Waals surface area (Å²) >= 11 is 0. The second-order valence-corrected chi connectivity index (χ2v) is 4.43. The molecule has 0 unspecified atom stereocenters. The van der Waals surface area contributed by atoms with Crippen molar-refractivity contribution in [2.75, 3.05) is 13.7 Å². The van der Waals surface area contributed by atoms with Crippen LogP contribution >= 0.6 is 0 Å². The highest BCUT2D eigenvalue weighted by atomic mass is 19.2. The molecule has 0 fully saturated rings. The molecule has 0 bridgehead atoms. The molecule has 0 N–H and O–H groups in total. The van der Waals surface area contributed by atoms with Gasteiger partial charge in [-0.15, -0.1) is 0 Å². The number of hydrogen-bond acceptors (Lipinski definition) is 2. The molecule has 0 radical (unpaired) electrons. The van der Waals surface area contributed by atoms with Crippen LogP contribution in [0.1, 0.15) is 18.1 Å². The van der Waals surface area contributed by atoms with E-state index in [4.69, 9.17) is 9.47 Å². The molecule has 5 heteroatoms. The Kier molecular flexibility index (Phi) is 5.09. The fourth-order valence-corrected chi connectivity index (χ4v) is 1.91. The zero-order chi connectivity index (χ0) is 16.1. The SMILES string of the molecule is CCOc1ccc(/C(F)=C(\F)c2ccc(OC)cc2)c(F)c1. The summed E-state index contributed by atoms with van der Waals surface area (Å²) in [6.07, 6.45) is 0. The summed E-state index contributed by atoms with van der Waals surface area (Å²) in [5.41, 5.74) is -0.441. The number of halogens is 3. The highest BCUT2D eigenvalue weighted by molar-refractivity contribution is 5.83. The predicted molar refractivity (Wildman–Crippen MR) is 79.6 cm³/mol. The van der Waals surface area contributed by atoms with Crippen LogP contribution in [-0.2, 0) is 0 Å². The van der Waals surface area contributed by atoms with Gasteiger partial charge in [0.15, 0.2) is 11.7 Å². The first-order valence-electron chi connectivity index (χ1n) is 6.69. The fourth-order valence-electron chi connectivity index (χ4n) is 1.91. The van der Waals surface area contributed by atoms with Gasteiger partial charge in [0, 0.05) is 17.2 Å². The van der Waals surface area contributed by atoms with E-state index in [1.165, 1.54) is 37.4 Å². The summed E-state index contributed by atoms with van der Waals surface area (Å²) in [5, 5.41) is 0. The van der Waals surface area contributed by atoms with Crippen LogP contribution in [0, 0.1) is 5.82 Å². The third-order valence-electron chi connectivity index (χ3n) is 3.02. The Morgan fingerprint density at radius 3 is 2.14 bits per heavy atom. The lowest BCUT2D eigenvalue weighted by atomic mass is 10.1. The number of benzene rings is 2. The van der Waals surface area contributed by atoms with Crippen LogP contribution in [0.15, 0.2) is 42.5 Å². The first-order chi connectivity index (χ1) is 10.6. The normalized spacial score (nSPS) is 11.9. The highest BCUT2D eigenvalue weighted by Crippen LogP contribution is 2.32. The largest absolute Gasteiger partial charge is 0.497 e. The van der Waals surface area contributed by atoms with Gasteiger partial charge in [0.25, 0.3) is 0 Å². The van der Waals surface area contributed by atoms with Crippen molar-refractivity contribution in [1.29, 1.82) is 0 Å². The van der Waals surface area contributed by atoms with Crippen molar-refractivity contribution in [3.05, 3.63) is 59.4 Å². The maximum Gasteiger partial charge on any atom is 0.169 e. The van der Waals surface area contributed by atoms with Crippen molar-refractivity contribution in [3.8, 4) is 11.5 Å². The second-order valence-electron chi connectivity index (χ2n) is 4.43. The Morgan fingerprint density at radius 2 is 1.59 bits per heavy atom. The molecule has 2 aromatic rings. The summed E-state index contributed by atoms with van der Waals surface area (Å²) in [7, 11) is 1.47. The molecule has 116 valence electrons. The minimum atomic E-state index is -1.26. The van der Waals surface area contributed by atoms with E-state index in [0.29, 0.717) is 12.4 Å². The molecular formula is C17H15F3O2. The first-order valence-corrected chi connectivity index (χ1v) is 6.69. The van der Waals surface area contributed by atoms with Crippen LogP contribution in [-0.4, -0.2) is 13.7 Å². The molecule has 2 nitrogen and oxygen atoms in total. The molecule has 2 rings (SSSR count). The summed E-state index contributed by atoms with van der Waals surface area (Å²) < 4.78 is 52.2. The molecule has 0 aliphatic carbocycles. The monoisotopic (exact) mass is 308 g/mol. The summed E-state index contributed by atoms with van der Waals surface area (Å²) in [5.74, 6) is -2.49. The number of ether oxygens (including phenoxy) is 2. The molecule has 0 saturated carbocycles. The summed E-state index contributed by atoms with van der Waals surface area (Å²) in [4.78, 5) is 0. The third kappa shape index (κ3) is 3.42. The lowest BCUT2D eigenvalue weighted by Gasteiger charge is -2.07. The minimum Gasteiger partial charge on any atom is -0.497 e. The van der Waals surface area contributed by atoms with E-state index in [1.807, 2.05) is 0 Å². The first kappa shape index (κ1) is 15.9. The van der Waals surface area contributed by atoms with E-state index in [2.05, 4.69) is 0 Å². The van der Waals surface area contributed by atoms with Crippen molar-refractivity contribution in [1.82, 2.24) is 0 Å². The van der Waals surface area contributed by atoms with Gasteiger partial charge in [-0.3, -0.25) is 0 Å². The van der Waals surface area contributed by atoms with Crippen molar-refractivity contribution in [2.24, 2.45) is 0 Å². The molecule has 0 spiro atoms. The predicted octanol–water partition coefficient (Wildman–Crippen LogP) is 5.00. The Hall–Kier alpha value is -2.43. The average Bonchev–Trinajstić information content (AvgIpc) is 2.54. The second kappa shape index (κ2) is 7.02. The number of rotatable bonds is 5. The van der Waals surface area contributed by atoms with E-state index in [1.54, 1.807) is 6.92 Å². The van der Waals surface area contributed by atoms with Crippen LogP contribution in [0.25, 0.3) is 11.7 Å². The Bertz CT molecular complexity index is 679. The van der Waals surface area contributed by atoms with Crippen LogP contribution in [0.5, 0.6) is 11.5 Å². The molecular weight excluding hydrogens is 293 g/mol. The standard InChI is InChI=1S/C17H15F3O2/c1-3-22-13-8-9-14(15(18)10-13)17(20)16(19)11-4-6-12(21-2)7-5-11/h4-10H,3H2,1-2H3/b17-16+. The van der Waals surface area contributed by atoms with Crippen LogP contribution in [0.2, 0.25) is 0 Å². The summed E-state index contributed by atoms with van der Waals surface area (Å²) in [6, 6.07) is 9.29. The molecule has 0 aromatic heterocycles. The highest BCUT2D eigenvalue weighted by Gasteiger charge is 2.16. The van der Waals surface area contributed by atoms with Crippen molar-refractivity contribution < 1.29 is 22.6 Å². The van der Waals surface area contributed by atoms with E-state index in [9.17, 15) is 13.2 Å². The third-order valence-corrected chi connectivity index (χ3v) is 3.02. The number of methoxy groups -OCH3 is 1. The van der Waals surface area contributed by atoms with Crippen LogP contribution in [0.4, 0.5) is 13.2 Å². The summed E-state index contributed by atoms with van der Waals surface area (Å²) in [6.45, 7) is 2.10. The van der Waals surface area contributed by atoms with Gasteiger partial charge in [-0.2, -0.15) is 0 Å². The Balaban J connectivity index is 2.37. The molecule has 0 saturated heterocycles. The Morgan fingerprint density at radius 1 is 0.955 bits per heavy atom. The van der Waals surface area contributed by atoms with Gasteiger partial charge in [-0.25, -0.2) is 13.2 Å². The maximum absolute atomic E-state index is 14.2. The van der Waals surface area contributed by atoms with Gasteiger partial charge in [0.05, 0.1) is 13.7 Å². The van der Waals surface area contributed by atoms with E-state index in [-0.39, 0.29) is 11.3 Å². The van der Waals surface area contributed by atoms with Crippen molar-refractivity contribution >= 4 is 11.7 Å². The fraction of sp³-hybridized carbons (Fsp3) is 0.176.